The zero-order valence-electron chi connectivity index (χ0n) is 19.9. The summed E-state index contributed by atoms with van der Waals surface area (Å²) in [5.74, 6) is 0.293. The van der Waals surface area contributed by atoms with Gasteiger partial charge in [0.15, 0.2) is 22.4 Å². The van der Waals surface area contributed by atoms with Crippen LogP contribution in [-0.4, -0.2) is 29.3 Å². The molecule has 0 unspecified atom stereocenters. The molecule has 2 amide bonds. The van der Waals surface area contributed by atoms with Crippen LogP contribution in [0.3, 0.4) is 0 Å². The molecule has 1 aliphatic rings. The lowest BCUT2D eigenvalue weighted by atomic mass is 10.1. The second kappa shape index (κ2) is 12.0. The Hall–Kier alpha value is -3.04. The SMILES string of the molecule is CCOc1cc(/C=C2\SC(=S)N(c3ccc(Cl)cc3Cl)C2=O)ccc1OCC(=O)Nc1cccc(C)c1. The van der Waals surface area contributed by atoms with Gasteiger partial charge in [-0.3, -0.25) is 14.5 Å². The molecule has 1 aliphatic heterocycles. The molecule has 0 atom stereocenters. The molecule has 0 radical (unpaired) electrons. The Morgan fingerprint density at radius 2 is 1.89 bits per heavy atom. The number of nitrogens with one attached hydrogen (secondary N) is 1. The van der Waals surface area contributed by atoms with E-state index in [1.54, 1.807) is 42.5 Å². The Labute approximate surface area is 234 Å². The van der Waals surface area contributed by atoms with Gasteiger partial charge in [0.2, 0.25) is 0 Å². The fraction of sp³-hybridized carbons (Fsp3) is 0.148. The molecule has 6 nitrogen and oxygen atoms in total. The standard InChI is InChI=1S/C27H22Cl2N2O4S2/c1-3-34-23-12-17(7-10-22(23)35-15-25(32)30-19-6-4-5-16(2)11-19)13-24-26(33)31(27(36)37-24)21-9-8-18(28)14-20(21)29/h4-14H,3,15H2,1-2H3,(H,30,32)/b24-13-. The third-order valence-electron chi connectivity index (χ3n) is 5.17. The number of hydrogen-bond acceptors (Lipinski definition) is 6. The number of halogens is 2. The maximum absolute atomic E-state index is 13.1. The van der Waals surface area contributed by atoms with Crippen LogP contribution in [0.25, 0.3) is 6.08 Å². The minimum atomic E-state index is -0.290. The monoisotopic (exact) mass is 572 g/mol. The number of carbonyl (C=O) groups is 2. The van der Waals surface area contributed by atoms with Crippen molar-refractivity contribution in [1.82, 2.24) is 0 Å². The first kappa shape index (κ1) is 27.0. The number of aryl methyl sites for hydroxylation is 1. The van der Waals surface area contributed by atoms with Crippen molar-refractivity contribution in [2.75, 3.05) is 23.4 Å². The summed E-state index contributed by atoms with van der Waals surface area (Å²) in [5, 5.41) is 3.61. The molecule has 37 heavy (non-hydrogen) atoms. The predicted octanol–water partition coefficient (Wildman–Crippen LogP) is 7.12. The highest BCUT2D eigenvalue weighted by Crippen LogP contribution is 2.40. The smallest absolute Gasteiger partial charge is 0.270 e. The van der Waals surface area contributed by atoms with Crippen LogP contribution >= 0.6 is 47.2 Å². The highest BCUT2D eigenvalue weighted by Gasteiger charge is 2.34. The molecule has 0 saturated carbocycles. The Bertz CT molecular complexity index is 1410. The highest BCUT2D eigenvalue weighted by atomic mass is 35.5. The minimum absolute atomic E-state index is 0.187. The Morgan fingerprint density at radius 1 is 1.08 bits per heavy atom. The number of amides is 2. The van der Waals surface area contributed by atoms with Crippen molar-refractivity contribution in [2.45, 2.75) is 13.8 Å². The van der Waals surface area contributed by atoms with E-state index in [4.69, 9.17) is 44.9 Å². The van der Waals surface area contributed by atoms with Crippen LogP contribution in [0, 0.1) is 6.92 Å². The lowest BCUT2D eigenvalue weighted by Crippen LogP contribution is -2.27. The number of hydrogen-bond donors (Lipinski definition) is 1. The van der Waals surface area contributed by atoms with E-state index in [1.807, 2.05) is 38.1 Å². The molecule has 3 aromatic carbocycles. The molecule has 10 heteroatoms. The van der Waals surface area contributed by atoms with Gasteiger partial charge in [-0.1, -0.05) is 65.4 Å². The van der Waals surface area contributed by atoms with Gasteiger partial charge in [-0.15, -0.1) is 0 Å². The van der Waals surface area contributed by atoms with Gasteiger partial charge in [-0.05, 0) is 73.5 Å². The first-order valence-electron chi connectivity index (χ1n) is 11.2. The summed E-state index contributed by atoms with van der Waals surface area (Å²) in [4.78, 5) is 27.3. The van der Waals surface area contributed by atoms with E-state index in [0.717, 1.165) is 5.56 Å². The molecule has 1 N–H and O–H groups in total. The van der Waals surface area contributed by atoms with Gasteiger partial charge < -0.3 is 14.8 Å². The Kier molecular flexibility index (Phi) is 8.76. The van der Waals surface area contributed by atoms with E-state index in [0.29, 0.717) is 54.3 Å². The number of benzene rings is 3. The number of thiocarbonyl (C=S) groups is 1. The van der Waals surface area contributed by atoms with Crippen molar-refractivity contribution in [3.05, 3.63) is 86.7 Å². The highest BCUT2D eigenvalue weighted by molar-refractivity contribution is 8.27. The largest absolute Gasteiger partial charge is 0.490 e. The zero-order valence-corrected chi connectivity index (χ0v) is 23.1. The second-order valence-electron chi connectivity index (χ2n) is 7.96. The van der Waals surface area contributed by atoms with Crippen molar-refractivity contribution < 1.29 is 19.1 Å². The van der Waals surface area contributed by atoms with Crippen molar-refractivity contribution >= 4 is 80.8 Å². The average Bonchev–Trinajstić information content (AvgIpc) is 3.11. The maximum atomic E-state index is 13.1. The van der Waals surface area contributed by atoms with E-state index >= 15 is 0 Å². The van der Waals surface area contributed by atoms with Gasteiger partial charge >= 0.3 is 0 Å². The summed E-state index contributed by atoms with van der Waals surface area (Å²) in [7, 11) is 0. The molecule has 1 heterocycles. The van der Waals surface area contributed by atoms with Gasteiger partial charge in [0.1, 0.15) is 0 Å². The van der Waals surface area contributed by atoms with Crippen LogP contribution in [0.15, 0.2) is 65.6 Å². The summed E-state index contributed by atoms with van der Waals surface area (Å²) in [6.07, 6.45) is 1.72. The summed E-state index contributed by atoms with van der Waals surface area (Å²) in [5.41, 5.74) is 2.93. The van der Waals surface area contributed by atoms with E-state index in [-0.39, 0.29) is 18.4 Å². The molecule has 3 aromatic rings. The fourth-order valence-electron chi connectivity index (χ4n) is 3.55. The van der Waals surface area contributed by atoms with Crippen LogP contribution in [0.1, 0.15) is 18.1 Å². The second-order valence-corrected chi connectivity index (χ2v) is 10.5. The quantitative estimate of drug-likeness (QED) is 0.229. The molecule has 4 rings (SSSR count). The molecule has 1 fully saturated rings. The normalized spacial score (nSPS) is 14.3. The number of nitrogens with zero attached hydrogens (tertiary/aromatic N) is 1. The third kappa shape index (κ3) is 6.64. The van der Waals surface area contributed by atoms with E-state index in [2.05, 4.69) is 5.32 Å². The van der Waals surface area contributed by atoms with Gasteiger partial charge in [0.05, 0.1) is 22.2 Å². The molecule has 190 valence electrons. The number of rotatable bonds is 8. The average molecular weight is 574 g/mol. The maximum Gasteiger partial charge on any atom is 0.270 e. The summed E-state index contributed by atoms with van der Waals surface area (Å²) in [6.45, 7) is 4.01. The summed E-state index contributed by atoms with van der Waals surface area (Å²) in [6, 6.07) is 17.6. The molecule has 0 bridgehead atoms. The minimum Gasteiger partial charge on any atom is -0.490 e. The predicted molar refractivity (Wildman–Crippen MR) is 155 cm³/mol. The van der Waals surface area contributed by atoms with Crippen molar-refractivity contribution in [3.8, 4) is 11.5 Å². The van der Waals surface area contributed by atoms with Crippen molar-refractivity contribution in [2.24, 2.45) is 0 Å². The fourth-order valence-corrected chi connectivity index (χ4v) is 5.33. The van der Waals surface area contributed by atoms with E-state index < -0.39 is 0 Å². The van der Waals surface area contributed by atoms with Crippen LogP contribution in [-0.2, 0) is 9.59 Å². The van der Waals surface area contributed by atoms with Crippen molar-refractivity contribution in [3.63, 3.8) is 0 Å². The number of thioether (sulfide) groups is 1. The van der Waals surface area contributed by atoms with E-state index in [9.17, 15) is 9.59 Å². The van der Waals surface area contributed by atoms with E-state index in [1.165, 1.54) is 16.7 Å². The molecule has 0 aromatic heterocycles. The Morgan fingerprint density at radius 3 is 2.62 bits per heavy atom. The van der Waals surface area contributed by atoms with Crippen LogP contribution in [0.4, 0.5) is 11.4 Å². The lowest BCUT2D eigenvalue weighted by Gasteiger charge is -2.16. The summed E-state index contributed by atoms with van der Waals surface area (Å²) >= 11 is 18.9. The van der Waals surface area contributed by atoms with Crippen LogP contribution < -0.4 is 19.7 Å². The first-order chi connectivity index (χ1) is 17.7. The lowest BCUT2D eigenvalue weighted by molar-refractivity contribution is -0.118. The summed E-state index contributed by atoms with van der Waals surface area (Å²) < 4.78 is 11.8. The van der Waals surface area contributed by atoms with Crippen LogP contribution in [0.5, 0.6) is 11.5 Å². The van der Waals surface area contributed by atoms with Gasteiger partial charge in [-0.25, -0.2) is 0 Å². The third-order valence-corrected chi connectivity index (χ3v) is 7.01. The molecule has 0 spiro atoms. The molecular formula is C27H22Cl2N2O4S2. The molecule has 1 saturated heterocycles. The molecular weight excluding hydrogens is 551 g/mol. The topological polar surface area (TPSA) is 67.9 Å². The van der Waals surface area contributed by atoms with Crippen molar-refractivity contribution in [1.29, 1.82) is 0 Å². The molecule has 0 aliphatic carbocycles. The van der Waals surface area contributed by atoms with Gasteiger partial charge in [0, 0.05) is 10.7 Å². The number of carbonyl (C=O) groups excluding carboxylic acids is 2. The number of anilines is 2. The Balaban J connectivity index is 1.49. The zero-order chi connectivity index (χ0) is 26.5. The van der Waals surface area contributed by atoms with Crippen LogP contribution in [0.2, 0.25) is 10.0 Å². The van der Waals surface area contributed by atoms with Gasteiger partial charge in [0.25, 0.3) is 11.8 Å². The van der Waals surface area contributed by atoms with Gasteiger partial charge in [-0.2, -0.15) is 0 Å². The first-order valence-corrected chi connectivity index (χ1v) is 13.2. The number of ether oxygens (including phenoxy) is 2.